The number of rotatable bonds is 8. The summed E-state index contributed by atoms with van der Waals surface area (Å²) in [6.07, 6.45) is 0.899. The summed E-state index contributed by atoms with van der Waals surface area (Å²) in [5, 5.41) is 17.5. The maximum Gasteiger partial charge on any atom is 0.313 e. The van der Waals surface area contributed by atoms with E-state index < -0.39 is 5.97 Å². The molecule has 22 heavy (non-hydrogen) atoms. The van der Waals surface area contributed by atoms with Gasteiger partial charge in [0.15, 0.2) is 11.0 Å². The van der Waals surface area contributed by atoms with Crippen molar-refractivity contribution in [3.63, 3.8) is 0 Å². The summed E-state index contributed by atoms with van der Waals surface area (Å²) in [6.45, 7) is 5.03. The Morgan fingerprint density at radius 2 is 2.09 bits per heavy atom. The van der Waals surface area contributed by atoms with Crippen LogP contribution in [0.2, 0.25) is 0 Å². The van der Waals surface area contributed by atoms with Crippen molar-refractivity contribution >= 4 is 17.7 Å². The quantitative estimate of drug-likeness (QED) is 0.753. The fourth-order valence-electron chi connectivity index (χ4n) is 2.06. The van der Waals surface area contributed by atoms with Crippen LogP contribution in [0.25, 0.3) is 0 Å². The van der Waals surface area contributed by atoms with Crippen LogP contribution in [0.1, 0.15) is 25.2 Å². The Morgan fingerprint density at radius 1 is 1.32 bits per heavy atom. The van der Waals surface area contributed by atoms with Crippen LogP contribution < -0.4 is 4.74 Å². The van der Waals surface area contributed by atoms with Crippen LogP contribution in [0.4, 0.5) is 0 Å². The third kappa shape index (κ3) is 4.00. The first-order valence-electron chi connectivity index (χ1n) is 7.13. The Hall–Kier alpha value is -2.02. The third-order valence-corrected chi connectivity index (χ3v) is 4.10. The minimum Gasteiger partial charge on any atom is -0.485 e. The molecule has 0 aliphatic carbocycles. The van der Waals surface area contributed by atoms with Gasteiger partial charge >= 0.3 is 5.97 Å². The predicted molar refractivity (Wildman–Crippen MR) is 84.2 cm³/mol. The number of benzene rings is 1. The molecule has 0 aliphatic rings. The number of nitrogens with zero attached hydrogens (tertiary/aromatic N) is 3. The summed E-state index contributed by atoms with van der Waals surface area (Å²) < 4.78 is 7.72. The number of hydrogen-bond acceptors (Lipinski definition) is 5. The monoisotopic (exact) mass is 321 g/mol. The minimum absolute atomic E-state index is 0.0301. The fourth-order valence-corrected chi connectivity index (χ4v) is 2.80. The van der Waals surface area contributed by atoms with E-state index in [1.807, 2.05) is 35.8 Å². The van der Waals surface area contributed by atoms with E-state index in [9.17, 15) is 4.79 Å². The average molecular weight is 321 g/mol. The van der Waals surface area contributed by atoms with Gasteiger partial charge in [0.05, 0.1) is 5.75 Å². The van der Waals surface area contributed by atoms with Crippen molar-refractivity contribution in [1.82, 2.24) is 14.8 Å². The molecule has 0 amide bonds. The van der Waals surface area contributed by atoms with Gasteiger partial charge in [-0.2, -0.15) is 0 Å². The molecular weight excluding hydrogens is 302 g/mol. The molecule has 0 aliphatic heterocycles. The summed E-state index contributed by atoms with van der Waals surface area (Å²) in [5.74, 6) is 0.638. The highest BCUT2D eigenvalue weighted by molar-refractivity contribution is 7.99. The number of ether oxygens (including phenoxy) is 1. The van der Waals surface area contributed by atoms with Crippen molar-refractivity contribution in [2.45, 2.75) is 38.6 Å². The summed E-state index contributed by atoms with van der Waals surface area (Å²) >= 11 is 1.16. The molecule has 0 spiro atoms. The molecule has 1 aromatic carbocycles. The number of aryl methyl sites for hydroxylation is 1. The van der Waals surface area contributed by atoms with Gasteiger partial charge in [0.2, 0.25) is 0 Å². The van der Waals surface area contributed by atoms with Gasteiger partial charge < -0.3 is 14.4 Å². The van der Waals surface area contributed by atoms with Crippen LogP contribution in [0.5, 0.6) is 5.75 Å². The second-order valence-electron chi connectivity index (χ2n) is 4.58. The molecule has 6 nitrogen and oxygen atoms in total. The molecule has 1 heterocycles. The highest BCUT2D eigenvalue weighted by Crippen LogP contribution is 2.21. The number of carboxylic acids is 1. The number of hydrogen-bond donors (Lipinski definition) is 1. The standard InChI is InChI=1S/C15H19N3O3S/c1-3-11-7-5-6-8-12(11)21-9-13-16-17-15(18(13)4-2)22-10-14(19)20/h5-8H,3-4,9-10H2,1-2H3,(H,19,20). The normalized spacial score (nSPS) is 10.6. The van der Waals surface area contributed by atoms with Gasteiger partial charge in [-0.05, 0) is 25.0 Å². The summed E-state index contributed by atoms with van der Waals surface area (Å²) in [4.78, 5) is 10.7. The van der Waals surface area contributed by atoms with E-state index in [-0.39, 0.29) is 5.75 Å². The van der Waals surface area contributed by atoms with Crippen molar-refractivity contribution in [2.75, 3.05) is 5.75 Å². The first kappa shape index (κ1) is 16.4. The lowest BCUT2D eigenvalue weighted by Crippen LogP contribution is -2.08. The molecule has 1 N–H and O–H groups in total. The van der Waals surface area contributed by atoms with E-state index in [0.29, 0.717) is 24.1 Å². The Bertz CT molecular complexity index is 643. The Morgan fingerprint density at radius 3 is 2.77 bits per heavy atom. The molecular formula is C15H19N3O3S. The molecule has 7 heteroatoms. The largest absolute Gasteiger partial charge is 0.485 e. The van der Waals surface area contributed by atoms with Crippen molar-refractivity contribution in [2.24, 2.45) is 0 Å². The lowest BCUT2D eigenvalue weighted by Gasteiger charge is -2.11. The molecule has 0 unspecified atom stereocenters. The van der Waals surface area contributed by atoms with E-state index in [1.165, 1.54) is 0 Å². The molecule has 2 rings (SSSR count). The van der Waals surface area contributed by atoms with Crippen LogP contribution in [-0.4, -0.2) is 31.6 Å². The van der Waals surface area contributed by atoms with Crippen LogP contribution in [0.3, 0.4) is 0 Å². The lowest BCUT2D eigenvalue weighted by atomic mass is 10.1. The zero-order valence-electron chi connectivity index (χ0n) is 12.7. The first-order chi connectivity index (χ1) is 10.7. The van der Waals surface area contributed by atoms with Gasteiger partial charge in [-0.1, -0.05) is 36.9 Å². The number of carbonyl (C=O) groups is 1. The smallest absolute Gasteiger partial charge is 0.313 e. The number of aliphatic carboxylic acids is 1. The van der Waals surface area contributed by atoms with Gasteiger partial charge in [0.1, 0.15) is 12.4 Å². The van der Waals surface area contributed by atoms with Crippen LogP contribution in [0, 0.1) is 0 Å². The van der Waals surface area contributed by atoms with Gasteiger partial charge in [-0.25, -0.2) is 0 Å². The van der Waals surface area contributed by atoms with Gasteiger partial charge in [-0.15, -0.1) is 10.2 Å². The van der Waals surface area contributed by atoms with E-state index >= 15 is 0 Å². The summed E-state index contributed by atoms with van der Waals surface area (Å²) in [7, 11) is 0. The van der Waals surface area contributed by atoms with Crippen LogP contribution in [-0.2, 0) is 24.4 Å². The minimum atomic E-state index is -0.870. The molecule has 0 radical (unpaired) electrons. The van der Waals surface area contributed by atoms with Crippen molar-refractivity contribution in [1.29, 1.82) is 0 Å². The molecule has 0 saturated heterocycles. The fraction of sp³-hybridized carbons (Fsp3) is 0.400. The molecule has 0 saturated carbocycles. The zero-order chi connectivity index (χ0) is 15.9. The SMILES string of the molecule is CCc1ccccc1OCc1nnc(SCC(=O)O)n1CC. The third-order valence-electron chi connectivity index (χ3n) is 3.14. The van der Waals surface area contributed by atoms with E-state index in [1.54, 1.807) is 0 Å². The molecule has 0 fully saturated rings. The van der Waals surface area contributed by atoms with E-state index in [2.05, 4.69) is 17.1 Å². The molecule has 0 bridgehead atoms. The zero-order valence-corrected chi connectivity index (χ0v) is 13.5. The Labute approximate surface area is 133 Å². The van der Waals surface area contributed by atoms with Crippen molar-refractivity contribution in [3.8, 4) is 5.75 Å². The molecule has 1 aromatic heterocycles. The van der Waals surface area contributed by atoms with E-state index in [4.69, 9.17) is 9.84 Å². The summed E-state index contributed by atoms with van der Waals surface area (Å²) in [6, 6.07) is 7.90. The number of thioether (sulfide) groups is 1. The maximum absolute atomic E-state index is 10.7. The van der Waals surface area contributed by atoms with Crippen LogP contribution >= 0.6 is 11.8 Å². The second-order valence-corrected chi connectivity index (χ2v) is 5.52. The van der Waals surface area contributed by atoms with Crippen molar-refractivity contribution in [3.05, 3.63) is 35.7 Å². The molecule has 118 valence electrons. The van der Waals surface area contributed by atoms with Gasteiger partial charge in [-0.3, -0.25) is 4.79 Å². The number of para-hydroxylation sites is 1. The van der Waals surface area contributed by atoms with Gasteiger partial charge in [0, 0.05) is 6.54 Å². The highest BCUT2D eigenvalue weighted by atomic mass is 32.2. The first-order valence-corrected chi connectivity index (χ1v) is 8.11. The maximum atomic E-state index is 10.7. The predicted octanol–water partition coefficient (Wildman–Crippen LogP) is 2.62. The lowest BCUT2D eigenvalue weighted by molar-refractivity contribution is -0.133. The highest BCUT2D eigenvalue weighted by Gasteiger charge is 2.13. The number of carboxylic acid groups (broad SMARTS) is 1. The Kier molecular flexibility index (Phi) is 5.83. The Balaban J connectivity index is 2.08. The van der Waals surface area contributed by atoms with E-state index in [0.717, 1.165) is 29.5 Å². The number of aromatic nitrogens is 3. The average Bonchev–Trinajstić information content (AvgIpc) is 2.93. The molecule has 0 atom stereocenters. The van der Waals surface area contributed by atoms with Crippen molar-refractivity contribution < 1.29 is 14.6 Å². The topological polar surface area (TPSA) is 77.2 Å². The molecule has 2 aromatic rings. The van der Waals surface area contributed by atoms with Gasteiger partial charge in [0.25, 0.3) is 0 Å². The van der Waals surface area contributed by atoms with Crippen LogP contribution in [0.15, 0.2) is 29.4 Å². The second kappa shape index (κ2) is 7.84. The summed E-state index contributed by atoms with van der Waals surface area (Å²) in [5.41, 5.74) is 1.14.